The van der Waals surface area contributed by atoms with Crippen LogP contribution in [0.1, 0.15) is 16.8 Å². The zero-order valence-electron chi connectivity index (χ0n) is 28.2. The summed E-state index contributed by atoms with van der Waals surface area (Å²) in [5.41, 5.74) is 3.13. The highest BCUT2D eigenvalue weighted by Crippen LogP contribution is 2.49. The molecule has 0 saturated carbocycles. The lowest BCUT2D eigenvalue weighted by molar-refractivity contribution is -0.145. The van der Waals surface area contributed by atoms with Gasteiger partial charge in [-0.15, -0.1) is 11.3 Å². The molecule has 0 spiro atoms. The van der Waals surface area contributed by atoms with Gasteiger partial charge in [0.05, 0.1) is 29.3 Å². The van der Waals surface area contributed by atoms with E-state index in [0.29, 0.717) is 60.4 Å². The highest BCUT2D eigenvalue weighted by atomic mass is 35.5. The van der Waals surface area contributed by atoms with Crippen LogP contribution in [0.25, 0.3) is 43.2 Å². The van der Waals surface area contributed by atoms with E-state index in [1.54, 1.807) is 55.8 Å². The van der Waals surface area contributed by atoms with E-state index in [-0.39, 0.29) is 35.2 Å². The van der Waals surface area contributed by atoms with Crippen molar-refractivity contribution in [3.05, 3.63) is 131 Å². The Hall–Kier alpha value is -6.62. The second kappa shape index (κ2) is 15.5. The maximum atomic E-state index is 14.0. The summed E-state index contributed by atoms with van der Waals surface area (Å²) in [7, 11) is 1.57. The van der Waals surface area contributed by atoms with Crippen LogP contribution in [0.2, 0.25) is 5.02 Å². The molecule has 0 saturated heterocycles. The molecular formula is C40H27ClFN5O6S. The molecule has 0 aliphatic heterocycles. The van der Waals surface area contributed by atoms with E-state index < -0.39 is 17.9 Å². The van der Waals surface area contributed by atoms with E-state index in [0.717, 1.165) is 5.56 Å². The Balaban J connectivity index is 1.23. The number of aromatic nitrogens is 4. The second-order valence-corrected chi connectivity index (χ2v) is 13.1. The van der Waals surface area contributed by atoms with Crippen molar-refractivity contribution in [2.24, 2.45) is 0 Å². The number of aromatic hydroxyl groups is 1. The van der Waals surface area contributed by atoms with Crippen molar-refractivity contribution < 1.29 is 33.6 Å². The molecule has 2 N–H and O–H groups in total. The number of nitrogens with zero attached hydrogens (tertiary/aromatic N) is 5. The summed E-state index contributed by atoms with van der Waals surface area (Å²) < 4.78 is 31.8. The number of carboxylic acid groups (broad SMARTS) is 1. The SMILES string of the molecule is COc1ccccc1-c1nccc(COc2ccccc2C[C@@H](Oc2ncnc3sc(-c4ccc(F)cc4)c(-c4ccc(O)c(Cl)c4C#N)c23)C(=O)O)n1. The third-order valence-corrected chi connectivity index (χ3v) is 9.94. The van der Waals surface area contributed by atoms with Gasteiger partial charge in [-0.2, -0.15) is 5.26 Å². The van der Waals surface area contributed by atoms with Crippen LogP contribution in [-0.2, 0) is 17.8 Å². The van der Waals surface area contributed by atoms with Gasteiger partial charge >= 0.3 is 5.97 Å². The largest absolute Gasteiger partial charge is 0.506 e. The molecule has 0 unspecified atom stereocenters. The van der Waals surface area contributed by atoms with E-state index in [1.165, 1.54) is 41.9 Å². The van der Waals surface area contributed by atoms with Crippen LogP contribution < -0.4 is 14.2 Å². The second-order valence-electron chi connectivity index (χ2n) is 11.7. The van der Waals surface area contributed by atoms with Gasteiger partial charge in [0.1, 0.15) is 51.9 Å². The van der Waals surface area contributed by atoms with E-state index in [1.807, 2.05) is 24.3 Å². The number of rotatable bonds is 12. The molecule has 7 aromatic rings. The predicted octanol–water partition coefficient (Wildman–Crippen LogP) is 8.51. The molecule has 3 heterocycles. The Kier molecular flexibility index (Phi) is 10.3. The number of hydrogen-bond donors (Lipinski definition) is 2. The number of fused-ring (bicyclic) bond motifs is 1. The number of carboxylic acids is 1. The zero-order chi connectivity index (χ0) is 37.8. The normalized spacial score (nSPS) is 11.5. The number of aliphatic carboxylic acids is 1. The van der Waals surface area contributed by atoms with Gasteiger partial charge in [-0.25, -0.2) is 29.1 Å². The van der Waals surface area contributed by atoms with Crippen molar-refractivity contribution in [3.63, 3.8) is 0 Å². The monoisotopic (exact) mass is 759 g/mol. The summed E-state index contributed by atoms with van der Waals surface area (Å²) in [5.74, 6) is -0.567. The maximum Gasteiger partial charge on any atom is 0.345 e. The Morgan fingerprint density at radius 2 is 1.72 bits per heavy atom. The van der Waals surface area contributed by atoms with Gasteiger partial charge in [0.25, 0.3) is 0 Å². The standard InChI is InChI=1S/C40H27ClFN5O6S/c1-51-31-9-5-3-7-27(31)37-44-17-16-25(47-37)20-52-30-8-4-2-6-23(30)18-32(40(49)50)53-38-34-33(26-14-15-29(48)35(41)28(26)19-43)36(54-39(34)46-21-45-38)22-10-12-24(42)13-11-22/h2-17,21,32,48H,18,20H2,1H3,(H,49,50)/t32-/m1/s1. The van der Waals surface area contributed by atoms with E-state index in [4.69, 9.17) is 25.8 Å². The number of phenolic OH excluding ortho intramolecular Hbond substituents is 1. The number of hydrogen-bond acceptors (Lipinski definition) is 11. The van der Waals surface area contributed by atoms with Gasteiger partial charge in [0.15, 0.2) is 5.82 Å². The Morgan fingerprint density at radius 1 is 0.963 bits per heavy atom. The van der Waals surface area contributed by atoms with Crippen molar-refractivity contribution in [3.8, 4) is 62.2 Å². The highest BCUT2D eigenvalue weighted by Gasteiger charge is 2.29. The maximum absolute atomic E-state index is 14.0. The molecule has 0 radical (unpaired) electrons. The van der Waals surface area contributed by atoms with Gasteiger partial charge in [-0.1, -0.05) is 54.1 Å². The third-order valence-electron chi connectivity index (χ3n) is 8.41. The van der Waals surface area contributed by atoms with Crippen LogP contribution in [-0.4, -0.2) is 49.3 Å². The minimum absolute atomic E-state index is 0.0332. The van der Waals surface area contributed by atoms with Crippen molar-refractivity contribution in [1.82, 2.24) is 19.9 Å². The van der Waals surface area contributed by atoms with Crippen molar-refractivity contribution in [2.75, 3.05) is 7.11 Å². The fraction of sp³-hybridized carbons (Fsp3) is 0.100. The van der Waals surface area contributed by atoms with Crippen LogP contribution in [0.3, 0.4) is 0 Å². The molecule has 0 fully saturated rings. The number of ether oxygens (including phenoxy) is 3. The van der Waals surface area contributed by atoms with E-state index in [2.05, 4.69) is 26.0 Å². The average molecular weight is 760 g/mol. The average Bonchev–Trinajstić information content (AvgIpc) is 3.59. The minimum atomic E-state index is -1.45. The topological polar surface area (TPSA) is 161 Å². The van der Waals surface area contributed by atoms with Crippen molar-refractivity contribution in [1.29, 1.82) is 5.26 Å². The molecular weight excluding hydrogens is 733 g/mol. The van der Waals surface area contributed by atoms with Crippen LogP contribution in [0.4, 0.5) is 4.39 Å². The van der Waals surface area contributed by atoms with Gasteiger partial charge in [0.2, 0.25) is 12.0 Å². The third kappa shape index (κ3) is 7.20. The number of para-hydroxylation sites is 2. The lowest BCUT2D eigenvalue weighted by atomic mass is 9.95. The molecule has 0 amide bonds. The number of methoxy groups -OCH3 is 1. The van der Waals surface area contributed by atoms with Gasteiger partial charge in [-0.05, 0) is 59.7 Å². The van der Waals surface area contributed by atoms with Gasteiger partial charge < -0.3 is 24.4 Å². The first-order valence-electron chi connectivity index (χ1n) is 16.3. The highest BCUT2D eigenvalue weighted by molar-refractivity contribution is 7.22. The molecule has 0 aliphatic rings. The number of thiophene rings is 1. The Labute approximate surface area is 316 Å². The molecule has 268 valence electrons. The number of halogens is 2. The van der Waals surface area contributed by atoms with Crippen LogP contribution in [0.15, 0.2) is 104 Å². The number of phenols is 1. The van der Waals surface area contributed by atoms with E-state index in [9.17, 15) is 24.7 Å². The Bertz CT molecular complexity index is 2560. The minimum Gasteiger partial charge on any atom is -0.506 e. The van der Waals surface area contributed by atoms with Crippen LogP contribution in [0.5, 0.6) is 23.1 Å². The summed E-state index contributed by atoms with van der Waals surface area (Å²) in [5, 5.41) is 31.0. The molecule has 0 aliphatic carbocycles. The molecule has 4 aromatic carbocycles. The fourth-order valence-corrected chi connectivity index (χ4v) is 7.21. The number of nitriles is 1. The lowest BCUT2D eigenvalue weighted by Gasteiger charge is -2.18. The molecule has 54 heavy (non-hydrogen) atoms. The quantitative estimate of drug-likeness (QED) is 0.123. The summed E-state index contributed by atoms with van der Waals surface area (Å²) >= 11 is 7.60. The van der Waals surface area contributed by atoms with Crippen LogP contribution in [0, 0.1) is 17.1 Å². The first-order valence-corrected chi connectivity index (χ1v) is 17.5. The number of carbonyl (C=O) groups is 1. The van der Waals surface area contributed by atoms with E-state index >= 15 is 0 Å². The molecule has 14 heteroatoms. The molecule has 1 atom stereocenters. The smallest absolute Gasteiger partial charge is 0.345 e. The van der Waals surface area contributed by atoms with Gasteiger partial charge in [0, 0.05) is 28.6 Å². The molecule has 7 rings (SSSR count). The summed E-state index contributed by atoms with van der Waals surface area (Å²) in [4.78, 5) is 31.6. The Morgan fingerprint density at radius 3 is 2.48 bits per heavy atom. The molecule has 11 nitrogen and oxygen atoms in total. The lowest BCUT2D eigenvalue weighted by Crippen LogP contribution is -2.30. The summed E-state index contributed by atoms with van der Waals surface area (Å²) in [6.07, 6.45) is 1.30. The predicted molar refractivity (Wildman–Crippen MR) is 200 cm³/mol. The molecule has 3 aromatic heterocycles. The zero-order valence-corrected chi connectivity index (χ0v) is 29.8. The first-order chi connectivity index (χ1) is 26.2. The van der Waals surface area contributed by atoms with Crippen LogP contribution >= 0.6 is 22.9 Å². The summed E-state index contributed by atoms with van der Waals surface area (Å²) in [6, 6.07) is 26.8. The van der Waals surface area contributed by atoms with Crippen molar-refractivity contribution >= 4 is 39.1 Å². The number of benzene rings is 4. The molecule has 0 bridgehead atoms. The fourth-order valence-electron chi connectivity index (χ4n) is 5.85. The van der Waals surface area contributed by atoms with Crippen molar-refractivity contribution in [2.45, 2.75) is 19.1 Å². The van der Waals surface area contributed by atoms with Gasteiger partial charge in [-0.3, -0.25) is 0 Å². The summed E-state index contributed by atoms with van der Waals surface area (Å²) in [6.45, 7) is 0.0631. The first kappa shape index (κ1) is 35.8.